The van der Waals surface area contributed by atoms with Gasteiger partial charge in [-0.1, -0.05) is 6.92 Å². The Labute approximate surface area is 93.2 Å². The molecule has 0 radical (unpaired) electrons. The molecule has 2 rings (SSSR count). The Morgan fingerprint density at radius 2 is 2.40 bits per heavy atom. The Bertz CT molecular complexity index is 202. The van der Waals surface area contributed by atoms with Crippen molar-refractivity contribution in [2.75, 3.05) is 32.8 Å². The van der Waals surface area contributed by atoms with Gasteiger partial charge in [-0.25, -0.2) is 0 Å². The molecule has 2 aliphatic rings. The topological polar surface area (TPSA) is 24.5 Å². The van der Waals surface area contributed by atoms with Crippen LogP contribution in [0.25, 0.3) is 0 Å². The van der Waals surface area contributed by atoms with Crippen molar-refractivity contribution in [2.45, 2.75) is 44.8 Å². The van der Waals surface area contributed by atoms with Crippen LogP contribution < -0.4 is 5.32 Å². The van der Waals surface area contributed by atoms with Gasteiger partial charge in [0.25, 0.3) is 0 Å². The highest BCUT2D eigenvalue weighted by Gasteiger charge is 2.34. The van der Waals surface area contributed by atoms with Crippen molar-refractivity contribution in [2.24, 2.45) is 0 Å². The van der Waals surface area contributed by atoms with E-state index in [0.717, 1.165) is 19.7 Å². The van der Waals surface area contributed by atoms with Crippen LogP contribution in [0.1, 0.15) is 33.1 Å². The van der Waals surface area contributed by atoms with Crippen LogP contribution in [0.15, 0.2) is 0 Å². The molecule has 2 saturated heterocycles. The third-order valence-corrected chi connectivity index (χ3v) is 3.62. The number of likely N-dealkylation sites (tertiary alicyclic amines) is 1. The summed E-state index contributed by atoms with van der Waals surface area (Å²) >= 11 is 0. The van der Waals surface area contributed by atoms with Gasteiger partial charge in [0.15, 0.2) is 0 Å². The highest BCUT2D eigenvalue weighted by molar-refractivity contribution is 4.88. The van der Waals surface area contributed by atoms with Crippen molar-refractivity contribution in [3.05, 3.63) is 0 Å². The van der Waals surface area contributed by atoms with E-state index in [4.69, 9.17) is 4.74 Å². The van der Waals surface area contributed by atoms with Crippen LogP contribution >= 0.6 is 0 Å². The molecular formula is C12H24N2O. The molecule has 2 unspecified atom stereocenters. The van der Waals surface area contributed by atoms with Crippen molar-refractivity contribution in [3.63, 3.8) is 0 Å². The fourth-order valence-corrected chi connectivity index (χ4v) is 2.87. The van der Waals surface area contributed by atoms with E-state index in [1.165, 1.54) is 32.4 Å². The van der Waals surface area contributed by atoms with Crippen LogP contribution in [0.4, 0.5) is 0 Å². The maximum absolute atomic E-state index is 5.84. The molecule has 0 amide bonds. The maximum Gasteiger partial charge on any atom is 0.0781 e. The summed E-state index contributed by atoms with van der Waals surface area (Å²) in [6.45, 7) is 10.1. The summed E-state index contributed by atoms with van der Waals surface area (Å²) in [6, 6.07) is 0.708. The van der Waals surface area contributed by atoms with Crippen molar-refractivity contribution >= 4 is 0 Å². The molecule has 2 heterocycles. The second-order valence-electron chi connectivity index (χ2n) is 5.18. The zero-order valence-electron chi connectivity index (χ0n) is 10.1. The first-order valence-corrected chi connectivity index (χ1v) is 6.31. The lowest BCUT2D eigenvalue weighted by atomic mass is 10.0. The van der Waals surface area contributed by atoms with Crippen LogP contribution in [0, 0.1) is 0 Å². The molecule has 0 aromatic heterocycles. The van der Waals surface area contributed by atoms with E-state index >= 15 is 0 Å². The van der Waals surface area contributed by atoms with E-state index in [1.807, 2.05) is 0 Å². The minimum atomic E-state index is 0.140. The van der Waals surface area contributed by atoms with Crippen LogP contribution in [-0.2, 0) is 4.74 Å². The first-order valence-electron chi connectivity index (χ1n) is 6.31. The van der Waals surface area contributed by atoms with E-state index in [-0.39, 0.29) is 5.60 Å². The lowest BCUT2D eigenvalue weighted by Crippen LogP contribution is -2.41. The Balaban J connectivity index is 1.76. The molecule has 88 valence electrons. The van der Waals surface area contributed by atoms with Crippen molar-refractivity contribution in [1.29, 1.82) is 0 Å². The van der Waals surface area contributed by atoms with Crippen LogP contribution in [0.5, 0.6) is 0 Å². The highest BCUT2D eigenvalue weighted by atomic mass is 16.5. The predicted molar refractivity (Wildman–Crippen MR) is 62.1 cm³/mol. The van der Waals surface area contributed by atoms with E-state index < -0.39 is 0 Å². The lowest BCUT2D eigenvalue weighted by Gasteiger charge is -2.29. The SMILES string of the molecule is CCNC1CCN(CC2(C)CCCO2)C1. The first-order chi connectivity index (χ1) is 7.22. The second kappa shape index (κ2) is 4.81. The molecular weight excluding hydrogens is 188 g/mol. The minimum absolute atomic E-state index is 0.140. The van der Waals surface area contributed by atoms with Gasteiger partial charge < -0.3 is 10.1 Å². The number of ether oxygens (including phenoxy) is 1. The molecule has 2 atom stereocenters. The summed E-state index contributed by atoms with van der Waals surface area (Å²) in [7, 11) is 0. The number of hydrogen-bond acceptors (Lipinski definition) is 3. The van der Waals surface area contributed by atoms with Crippen molar-refractivity contribution in [3.8, 4) is 0 Å². The zero-order valence-corrected chi connectivity index (χ0v) is 10.1. The predicted octanol–water partition coefficient (Wildman–Crippen LogP) is 1.24. The molecule has 0 spiro atoms. The van der Waals surface area contributed by atoms with Gasteiger partial charge >= 0.3 is 0 Å². The maximum atomic E-state index is 5.84. The number of hydrogen-bond donors (Lipinski definition) is 1. The Morgan fingerprint density at radius 1 is 1.53 bits per heavy atom. The summed E-state index contributed by atoms with van der Waals surface area (Å²) < 4.78 is 5.84. The zero-order chi connectivity index (χ0) is 10.7. The number of nitrogens with one attached hydrogen (secondary N) is 1. The Morgan fingerprint density at radius 3 is 3.07 bits per heavy atom. The summed E-state index contributed by atoms with van der Waals surface area (Å²) in [5.74, 6) is 0. The standard InChI is InChI=1S/C12H24N2O/c1-3-13-11-5-7-14(9-11)10-12(2)6-4-8-15-12/h11,13H,3-10H2,1-2H3. The largest absolute Gasteiger partial charge is 0.374 e. The fourth-order valence-electron chi connectivity index (χ4n) is 2.87. The third kappa shape index (κ3) is 2.92. The van der Waals surface area contributed by atoms with Gasteiger partial charge in [-0.3, -0.25) is 4.90 Å². The van der Waals surface area contributed by atoms with Gasteiger partial charge in [0, 0.05) is 25.7 Å². The Hall–Kier alpha value is -0.120. The van der Waals surface area contributed by atoms with E-state index in [1.54, 1.807) is 0 Å². The highest BCUT2D eigenvalue weighted by Crippen LogP contribution is 2.27. The van der Waals surface area contributed by atoms with Crippen molar-refractivity contribution in [1.82, 2.24) is 10.2 Å². The lowest BCUT2D eigenvalue weighted by molar-refractivity contribution is -0.00435. The van der Waals surface area contributed by atoms with Crippen LogP contribution in [-0.4, -0.2) is 49.3 Å². The minimum Gasteiger partial charge on any atom is -0.374 e. The smallest absolute Gasteiger partial charge is 0.0781 e. The van der Waals surface area contributed by atoms with Gasteiger partial charge in [0.05, 0.1) is 5.60 Å². The van der Waals surface area contributed by atoms with Gasteiger partial charge in [-0.2, -0.15) is 0 Å². The number of nitrogens with zero attached hydrogens (tertiary/aromatic N) is 1. The quantitative estimate of drug-likeness (QED) is 0.759. The number of rotatable bonds is 4. The first kappa shape index (κ1) is 11.4. The van der Waals surface area contributed by atoms with Gasteiger partial charge in [-0.05, 0) is 39.3 Å². The van der Waals surface area contributed by atoms with Gasteiger partial charge in [-0.15, -0.1) is 0 Å². The summed E-state index contributed by atoms with van der Waals surface area (Å²) in [5, 5.41) is 3.53. The molecule has 0 aromatic carbocycles. The average Bonchev–Trinajstić information content (AvgIpc) is 2.77. The molecule has 3 heteroatoms. The summed E-state index contributed by atoms with van der Waals surface area (Å²) in [5.41, 5.74) is 0.140. The fraction of sp³-hybridized carbons (Fsp3) is 1.00. The van der Waals surface area contributed by atoms with E-state index in [0.29, 0.717) is 6.04 Å². The molecule has 0 aromatic rings. The summed E-state index contributed by atoms with van der Waals surface area (Å²) in [6.07, 6.45) is 3.76. The van der Waals surface area contributed by atoms with Crippen molar-refractivity contribution < 1.29 is 4.74 Å². The summed E-state index contributed by atoms with van der Waals surface area (Å²) in [4.78, 5) is 2.55. The average molecular weight is 212 g/mol. The molecule has 2 fully saturated rings. The normalized spacial score (nSPS) is 37.6. The molecule has 3 nitrogen and oxygen atoms in total. The van der Waals surface area contributed by atoms with Gasteiger partial charge in [0.1, 0.15) is 0 Å². The van der Waals surface area contributed by atoms with Crippen LogP contribution in [0.2, 0.25) is 0 Å². The molecule has 1 N–H and O–H groups in total. The van der Waals surface area contributed by atoms with Crippen LogP contribution in [0.3, 0.4) is 0 Å². The second-order valence-corrected chi connectivity index (χ2v) is 5.18. The molecule has 2 aliphatic heterocycles. The molecule has 0 bridgehead atoms. The molecule has 0 saturated carbocycles. The monoisotopic (exact) mass is 212 g/mol. The molecule has 0 aliphatic carbocycles. The van der Waals surface area contributed by atoms with E-state index in [2.05, 4.69) is 24.1 Å². The Kier molecular flexibility index (Phi) is 3.65. The third-order valence-electron chi connectivity index (χ3n) is 3.62. The molecule has 15 heavy (non-hydrogen) atoms. The number of likely N-dealkylation sites (N-methyl/N-ethyl adjacent to an activating group) is 1. The van der Waals surface area contributed by atoms with Gasteiger partial charge in [0.2, 0.25) is 0 Å². The van der Waals surface area contributed by atoms with E-state index in [9.17, 15) is 0 Å².